The Bertz CT molecular complexity index is 676. The van der Waals surface area contributed by atoms with Crippen molar-refractivity contribution in [1.82, 2.24) is 0 Å². The molecule has 0 aromatic carbocycles. The lowest BCUT2D eigenvalue weighted by atomic mass is 10.1. The summed E-state index contributed by atoms with van der Waals surface area (Å²) in [7, 11) is 0. The highest BCUT2D eigenvalue weighted by molar-refractivity contribution is 5.76. The fourth-order valence-electron chi connectivity index (χ4n) is 3.18. The van der Waals surface area contributed by atoms with Gasteiger partial charge in [0.2, 0.25) is 0 Å². The largest absolute Gasteiger partial charge is 0.490 e. The van der Waals surface area contributed by atoms with Crippen LogP contribution in [0.15, 0.2) is 12.2 Å². The Morgan fingerprint density at radius 3 is 1.62 bits per heavy atom. The zero-order chi connectivity index (χ0) is 28.2. The first-order valence-corrected chi connectivity index (χ1v) is 12.7. The van der Waals surface area contributed by atoms with Crippen LogP contribution in [-0.4, -0.2) is 49.6 Å². The number of hydrogen-bond acceptors (Lipinski definition) is 6. The average Bonchev–Trinajstić information content (AvgIpc) is 2.81. The van der Waals surface area contributed by atoms with E-state index in [1.165, 1.54) is 38.5 Å². The third-order valence-electron chi connectivity index (χ3n) is 5.21. The Balaban J connectivity index is 4.05. The lowest BCUT2D eigenvalue weighted by Crippen LogP contribution is -2.37. The van der Waals surface area contributed by atoms with E-state index in [9.17, 15) is 40.7 Å². The first-order valence-electron chi connectivity index (χ1n) is 12.7. The molecule has 0 aliphatic heterocycles. The molecule has 1 unspecified atom stereocenters. The minimum absolute atomic E-state index is 0.0690. The molecule has 0 saturated carbocycles. The van der Waals surface area contributed by atoms with Crippen molar-refractivity contribution in [2.75, 3.05) is 13.2 Å². The topological polar surface area (TPSA) is 78.9 Å². The third-order valence-corrected chi connectivity index (χ3v) is 5.21. The van der Waals surface area contributed by atoms with Gasteiger partial charge in [-0.15, -0.1) is 0 Å². The molecule has 0 bridgehead atoms. The highest BCUT2D eigenvalue weighted by atomic mass is 19.4. The van der Waals surface area contributed by atoms with Gasteiger partial charge in [0.15, 0.2) is 6.10 Å². The summed E-state index contributed by atoms with van der Waals surface area (Å²) in [6, 6.07) is 0. The van der Waals surface area contributed by atoms with E-state index in [0.717, 1.165) is 32.1 Å². The van der Waals surface area contributed by atoms with Crippen LogP contribution < -0.4 is 0 Å². The molecule has 0 rings (SSSR count). The van der Waals surface area contributed by atoms with Crippen molar-refractivity contribution in [3.05, 3.63) is 12.2 Å². The Kier molecular flexibility index (Phi) is 18.6. The van der Waals surface area contributed by atoms with E-state index in [-0.39, 0.29) is 6.42 Å². The van der Waals surface area contributed by atoms with E-state index < -0.39 is 49.6 Å². The molecule has 1 atom stereocenters. The van der Waals surface area contributed by atoms with Crippen molar-refractivity contribution < 1.29 is 54.9 Å². The summed E-state index contributed by atoms with van der Waals surface area (Å²) in [4.78, 5) is 33.5. The van der Waals surface area contributed by atoms with Gasteiger partial charge in [0.25, 0.3) is 0 Å². The maximum absolute atomic E-state index is 12.4. The standard InChI is InChI=1S/C25H38F6O6/c1-2-3-4-5-6-7-8-9-10-11-12-13-14-15-16-17-21(32)35-18-20(37-23(34)25(29,30)31)19-36-22(33)24(26,27)28/h9-10,20H,2-8,11-19H2,1H3/b10-9-. The van der Waals surface area contributed by atoms with Crippen LogP contribution in [0.2, 0.25) is 0 Å². The fourth-order valence-corrected chi connectivity index (χ4v) is 3.18. The van der Waals surface area contributed by atoms with Crippen LogP contribution in [0.3, 0.4) is 0 Å². The van der Waals surface area contributed by atoms with Gasteiger partial charge in [0.05, 0.1) is 0 Å². The molecule has 0 saturated heterocycles. The van der Waals surface area contributed by atoms with E-state index in [2.05, 4.69) is 33.3 Å². The van der Waals surface area contributed by atoms with Crippen LogP contribution in [0.25, 0.3) is 0 Å². The number of esters is 3. The maximum Gasteiger partial charge on any atom is 0.490 e. The van der Waals surface area contributed by atoms with E-state index >= 15 is 0 Å². The molecule has 0 aliphatic carbocycles. The average molecular weight is 549 g/mol. The van der Waals surface area contributed by atoms with Crippen molar-refractivity contribution in [2.24, 2.45) is 0 Å². The molecular weight excluding hydrogens is 510 g/mol. The van der Waals surface area contributed by atoms with Gasteiger partial charge in [-0.1, -0.05) is 70.4 Å². The maximum atomic E-state index is 12.4. The molecule has 0 radical (unpaired) electrons. The van der Waals surface area contributed by atoms with Crippen LogP contribution in [-0.2, 0) is 28.6 Å². The Hall–Kier alpha value is -2.27. The summed E-state index contributed by atoms with van der Waals surface area (Å²) in [5.41, 5.74) is 0. The molecule has 0 amide bonds. The van der Waals surface area contributed by atoms with Gasteiger partial charge in [-0.2, -0.15) is 26.3 Å². The molecule has 37 heavy (non-hydrogen) atoms. The quantitative estimate of drug-likeness (QED) is 0.0529. The summed E-state index contributed by atoms with van der Waals surface area (Å²) >= 11 is 0. The molecule has 0 fully saturated rings. The van der Waals surface area contributed by atoms with Gasteiger partial charge in [0, 0.05) is 6.42 Å². The van der Waals surface area contributed by atoms with Gasteiger partial charge in [0.1, 0.15) is 13.2 Å². The second kappa shape index (κ2) is 19.8. The number of halogens is 6. The molecule has 0 aromatic rings. The zero-order valence-electron chi connectivity index (χ0n) is 21.3. The molecule has 0 heterocycles. The number of carbonyl (C=O) groups excluding carboxylic acids is 3. The number of alkyl halides is 6. The minimum Gasteiger partial charge on any atom is -0.462 e. The lowest BCUT2D eigenvalue weighted by molar-refractivity contribution is -0.216. The predicted molar refractivity (Wildman–Crippen MR) is 123 cm³/mol. The summed E-state index contributed by atoms with van der Waals surface area (Å²) in [6.45, 7) is -0.154. The minimum atomic E-state index is -5.43. The van der Waals surface area contributed by atoms with Gasteiger partial charge < -0.3 is 14.2 Å². The third kappa shape index (κ3) is 20.5. The van der Waals surface area contributed by atoms with Crippen LogP contribution in [0.1, 0.15) is 96.8 Å². The first kappa shape index (κ1) is 34.7. The van der Waals surface area contributed by atoms with E-state index in [0.29, 0.717) is 12.8 Å². The molecule has 12 heteroatoms. The molecule has 6 nitrogen and oxygen atoms in total. The number of allylic oxidation sites excluding steroid dienone is 2. The van der Waals surface area contributed by atoms with Crippen molar-refractivity contribution in [3.63, 3.8) is 0 Å². The molecule has 0 aliphatic rings. The predicted octanol–water partition coefficient (Wildman–Crippen LogP) is 7.15. The number of hydrogen-bond donors (Lipinski definition) is 0. The number of unbranched alkanes of at least 4 members (excludes halogenated alkanes) is 11. The van der Waals surface area contributed by atoms with Crippen LogP contribution >= 0.6 is 0 Å². The highest BCUT2D eigenvalue weighted by Gasteiger charge is 2.44. The Labute approximate surface area is 214 Å². The van der Waals surface area contributed by atoms with Crippen molar-refractivity contribution in [2.45, 2.75) is 115 Å². The van der Waals surface area contributed by atoms with Crippen molar-refractivity contribution in [3.8, 4) is 0 Å². The molecule has 0 aromatic heterocycles. The van der Waals surface area contributed by atoms with Crippen molar-refractivity contribution >= 4 is 17.9 Å². The first-order chi connectivity index (χ1) is 17.4. The normalized spacial score (nSPS) is 12.9. The second-order valence-electron chi connectivity index (χ2n) is 8.64. The number of carbonyl (C=O) groups is 3. The zero-order valence-corrected chi connectivity index (χ0v) is 21.3. The monoisotopic (exact) mass is 548 g/mol. The fraction of sp³-hybridized carbons (Fsp3) is 0.800. The van der Waals surface area contributed by atoms with E-state index in [1.807, 2.05) is 0 Å². The summed E-state index contributed by atoms with van der Waals surface area (Å²) in [6.07, 6.45) is 5.15. The Morgan fingerprint density at radius 1 is 0.649 bits per heavy atom. The van der Waals surface area contributed by atoms with Crippen LogP contribution in [0, 0.1) is 0 Å². The second-order valence-corrected chi connectivity index (χ2v) is 8.64. The SMILES string of the molecule is CCCCCCCC/C=C\CCCCCCCC(=O)OCC(COC(=O)C(F)(F)F)OC(=O)C(F)(F)F. The van der Waals surface area contributed by atoms with Gasteiger partial charge in [-0.3, -0.25) is 4.79 Å². The smallest absolute Gasteiger partial charge is 0.462 e. The van der Waals surface area contributed by atoms with Crippen molar-refractivity contribution in [1.29, 1.82) is 0 Å². The Morgan fingerprint density at radius 2 is 1.11 bits per heavy atom. The van der Waals surface area contributed by atoms with Gasteiger partial charge >= 0.3 is 30.3 Å². The summed E-state index contributed by atoms with van der Waals surface area (Å²) in [5, 5.41) is 0. The van der Waals surface area contributed by atoms with Gasteiger partial charge in [-0.05, 0) is 32.1 Å². The van der Waals surface area contributed by atoms with Crippen LogP contribution in [0.4, 0.5) is 26.3 Å². The number of ether oxygens (including phenoxy) is 3. The molecule has 0 N–H and O–H groups in total. The summed E-state index contributed by atoms with van der Waals surface area (Å²) in [5.74, 6) is -6.22. The lowest BCUT2D eigenvalue weighted by Gasteiger charge is -2.19. The van der Waals surface area contributed by atoms with E-state index in [4.69, 9.17) is 0 Å². The van der Waals surface area contributed by atoms with Gasteiger partial charge in [-0.25, -0.2) is 9.59 Å². The van der Waals surface area contributed by atoms with E-state index in [1.54, 1.807) is 0 Å². The number of rotatable bonds is 20. The van der Waals surface area contributed by atoms with Crippen LogP contribution in [0.5, 0.6) is 0 Å². The molecule has 0 spiro atoms. The highest BCUT2D eigenvalue weighted by Crippen LogP contribution is 2.20. The molecule has 216 valence electrons. The summed E-state index contributed by atoms with van der Waals surface area (Å²) < 4.78 is 86.1. The molecular formula is C25H38F6O6.